The molecule has 0 fully saturated rings. The SMILES string of the molecule is CC(C)NCCN1CCn2c1nc1ccccc12.Cl.Cl. The summed E-state index contributed by atoms with van der Waals surface area (Å²) in [6.07, 6.45) is 0. The van der Waals surface area contributed by atoms with Crippen LogP contribution in [0.1, 0.15) is 13.8 Å². The van der Waals surface area contributed by atoms with E-state index in [0.29, 0.717) is 6.04 Å². The molecule has 112 valence electrons. The van der Waals surface area contributed by atoms with Gasteiger partial charge in [-0.15, -0.1) is 24.8 Å². The summed E-state index contributed by atoms with van der Waals surface area (Å²) < 4.78 is 2.32. The average molecular weight is 317 g/mol. The van der Waals surface area contributed by atoms with Crippen LogP contribution in [-0.2, 0) is 6.54 Å². The van der Waals surface area contributed by atoms with Gasteiger partial charge in [-0.3, -0.25) is 0 Å². The van der Waals surface area contributed by atoms with Gasteiger partial charge in [0.1, 0.15) is 0 Å². The quantitative estimate of drug-likeness (QED) is 0.941. The third-order valence-electron chi connectivity index (χ3n) is 3.45. The number of benzene rings is 1. The van der Waals surface area contributed by atoms with Crippen LogP contribution in [0.2, 0.25) is 0 Å². The molecule has 0 atom stereocenters. The zero-order valence-electron chi connectivity index (χ0n) is 11.9. The third kappa shape index (κ3) is 3.19. The number of aromatic nitrogens is 2. The lowest BCUT2D eigenvalue weighted by atomic mass is 10.3. The lowest BCUT2D eigenvalue weighted by molar-refractivity contribution is 0.583. The number of nitrogens with zero attached hydrogens (tertiary/aromatic N) is 3. The van der Waals surface area contributed by atoms with E-state index >= 15 is 0 Å². The van der Waals surface area contributed by atoms with E-state index in [1.54, 1.807) is 0 Å². The molecule has 0 saturated heterocycles. The van der Waals surface area contributed by atoms with Gasteiger partial charge in [0.2, 0.25) is 5.95 Å². The standard InChI is InChI=1S/C14H20N4.2ClH/c1-11(2)15-7-8-17-9-10-18-13-6-4-3-5-12(13)16-14(17)18;;/h3-6,11,15H,7-10H2,1-2H3;2*1H. The Balaban J connectivity index is 0.000001000. The van der Waals surface area contributed by atoms with Crippen molar-refractivity contribution in [1.29, 1.82) is 0 Å². The van der Waals surface area contributed by atoms with Gasteiger partial charge in [0, 0.05) is 32.2 Å². The molecule has 1 N–H and O–H groups in total. The van der Waals surface area contributed by atoms with Gasteiger partial charge >= 0.3 is 0 Å². The van der Waals surface area contributed by atoms with Crippen molar-refractivity contribution in [2.24, 2.45) is 0 Å². The van der Waals surface area contributed by atoms with Gasteiger partial charge in [0.05, 0.1) is 11.0 Å². The number of imidazole rings is 1. The van der Waals surface area contributed by atoms with E-state index in [9.17, 15) is 0 Å². The van der Waals surface area contributed by atoms with Crippen LogP contribution in [-0.4, -0.2) is 35.2 Å². The molecule has 0 amide bonds. The van der Waals surface area contributed by atoms with Gasteiger partial charge in [-0.2, -0.15) is 0 Å². The number of nitrogens with one attached hydrogen (secondary N) is 1. The van der Waals surface area contributed by atoms with Gasteiger partial charge in [-0.25, -0.2) is 4.98 Å². The molecular weight excluding hydrogens is 295 g/mol. The molecule has 0 aliphatic carbocycles. The molecule has 2 aromatic rings. The number of hydrogen-bond donors (Lipinski definition) is 1. The molecule has 1 aromatic heterocycles. The Morgan fingerprint density at radius 3 is 2.70 bits per heavy atom. The number of para-hydroxylation sites is 2. The van der Waals surface area contributed by atoms with Crippen LogP contribution in [0.15, 0.2) is 24.3 Å². The number of anilines is 1. The first-order valence-corrected chi connectivity index (χ1v) is 6.69. The van der Waals surface area contributed by atoms with Crippen molar-refractivity contribution >= 4 is 41.8 Å². The monoisotopic (exact) mass is 316 g/mol. The Morgan fingerprint density at radius 1 is 1.20 bits per heavy atom. The van der Waals surface area contributed by atoms with Crippen LogP contribution >= 0.6 is 24.8 Å². The first kappa shape index (κ1) is 17.1. The van der Waals surface area contributed by atoms with E-state index in [4.69, 9.17) is 4.98 Å². The minimum Gasteiger partial charge on any atom is -0.339 e. The Bertz CT molecular complexity index is 553. The van der Waals surface area contributed by atoms with Crippen LogP contribution in [0.4, 0.5) is 5.95 Å². The zero-order chi connectivity index (χ0) is 12.5. The maximum Gasteiger partial charge on any atom is 0.206 e. The minimum atomic E-state index is 0. The van der Waals surface area contributed by atoms with Crippen LogP contribution in [0.25, 0.3) is 11.0 Å². The third-order valence-corrected chi connectivity index (χ3v) is 3.45. The van der Waals surface area contributed by atoms with E-state index in [-0.39, 0.29) is 24.8 Å². The highest BCUT2D eigenvalue weighted by molar-refractivity contribution is 5.85. The Kier molecular flexibility index (Phi) is 6.11. The Labute approximate surface area is 132 Å². The first-order chi connectivity index (χ1) is 8.75. The van der Waals surface area contributed by atoms with Crippen molar-refractivity contribution in [1.82, 2.24) is 14.9 Å². The van der Waals surface area contributed by atoms with E-state index in [1.165, 1.54) is 5.52 Å². The average Bonchev–Trinajstić information content (AvgIpc) is 2.88. The molecule has 0 bridgehead atoms. The molecule has 4 nitrogen and oxygen atoms in total. The summed E-state index contributed by atoms with van der Waals surface area (Å²) in [6.45, 7) is 8.53. The highest BCUT2D eigenvalue weighted by atomic mass is 35.5. The molecule has 3 rings (SSSR count). The second-order valence-electron chi connectivity index (χ2n) is 5.15. The maximum absolute atomic E-state index is 4.73. The van der Waals surface area contributed by atoms with Crippen molar-refractivity contribution in [2.45, 2.75) is 26.4 Å². The zero-order valence-corrected chi connectivity index (χ0v) is 13.5. The van der Waals surface area contributed by atoms with Gasteiger partial charge in [0.15, 0.2) is 0 Å². The van der Waals surface area contributed by atoms with E-state index in [2.05, 4.69) is 52.9 Å². The van der Waals surface area contributed by atoms with E-state index in [1.807, 2.05) is 0 Å². The predicted molar refractivity (Wildman–Crippen MR) is 89.6 cm³/mol. The molecule has 0 radical (unpaired) electrons. The molecule has 2 heterocycles. The summed E-state index contributed by atoms with van der Waals surface area (Å²) in [6, 6.07) is 8.93. The van der Waals surface area contributed by atoms with Gasteiger partial charge < -0.3 is 14.8 Å². The summed E-state index contributed by atoms with van der Waals surface area (Å²) >= 11 is 0. The highest BCUT2D eigenvalue weighted by Gasteiger charge is 2.22. The molecule has 0 spiro atoms. The fourth-order valence-electron chi connectivity index (χ4n) is 2.55. The molecular formula is C14H22Cl2N4. The van der Waals surface area contributed by atoms with Crippen molar-refractivity contribution < 1.29 is 0 Å². The first-order valence-electron chi connectivity index (χ1n) is 6.69. The van der Waals surface area contributed by atoms with E-state index in [0.717, 1.165) is 37.6 Å². The summed E-state index contributed by atoms with van der Waals surface area (Å²) in [5, 5.41) is 3.46. The van der Waals surface area contributed by atoms with Crippen LogP contribution < -0.4 is 10.2 Å². The lowest BCUT2D eigenvalue weighted by Gasteiger charge is -2.17. The molecule has 6 heteroatoms. The van der Waals surface area contributed by atoms with Crippen molar-refractivity contribution in [3.05, 3.63) is 24.3 Å². The minimum absolute atomic E-state index is 0. The Morgan fingerprint density at radius 2 is 1.95 bits per heavy atom. The number of fused-ring (bicyclic) bond motifs is 3. The van der Waals surface area contributed by atoms with E-state index < -0.39 is 0 Å². The molecule has 20 heavy (non-hydrogen) atoms. The molecule has 0 unspecified atom stereocenters. The Hall–Kier alpha value is -0.970. The topological polar surface area (TPSA) is 33.1 Å². The second kappa shape index (κ2) is 7.16. The maximum atomic E-state index is 4.73. The van der Waals surface area contributed by atoms with Gasteiger partial charge in [-0.05, 0) is 12.1 Å². The number of hydrogen-bond acceptors (Lipinski definition) is 3. The largest absolute Gasteiger partial charge is 0.339 e. The molecule has 1 aliphatic heterocycles. The van der Waals surface area contributed by atoms with Crippen molar-refractivity contribution in [3.63, 3.8) is 0 Å². The van der Waals surface area contributed by atoms with Crippen LogP contribution in [0.3, 0.4) is 0 Å². The second-order valence-corrected chi connectivity index (χ2v) is 5.15. The van der Waals surface area contributed by atoms with Gasteiger partial charge in [0.25, 0.3) is 0 Å². The van der Waals surface area contributed by atoms with Crippen LogP contribution in [0.5, 0.6) is 0 Å². The molecule has 1 aromatic carbocycles. The summed E-state index contributed by atoms with van der Waals surface area (Å²) in [5.41, 5.74) is 2.36. The van der Waals surface area contributed by atoms with Crippen LogP contribution in [0, 0.1) is 0 Å². The predicted octanol–water partition coefficient (Wildman–Crippen LogP) is 2.70. The van der Waals surface area contributed by atoms with Crippen molar-refractivity contribution in [2.75, 3.05) is 24.5 Å². The highest BCUT2D eigenvalue weighted by Crippen LogP contribution is 2.26. The summed E-state index contributed by atoms with van der Waals surface area (Å²) in [4.78, 5) is 7.10. The fourth-order valence-corrected chi connectivity index (χ4v) is 2.55. The molecule has 0 saturated carbocycles. The van der Waals surface area contributed by atoms with Crippen molar-refractivity contribution in [3.8, 4) is 0 Å². The number of rotatable bonds is 4. The summed E-state index contributed by atoms with van der Waals surface area (Å²) in [7, 11) is 0. The lowest BCUT2D eigenvalue weighted by Crippen LogP contribution is -2.34. The fraction of sp³-hybridized carbons (Fsp3) is 0.500. The summed E-state index contributed by atoms with van der Waals surface area (Å²) in [5.74, 6) is 1.13. The van der Waals surface area contributed by atoms with Gasteiger partial charge in [-0.1, -0.05) is 26.0 Å². The number of halogens is 2. The normalized spacial score (nSPS) is 13.2. The molecule has 1 aliphatic rings. The smallest absolute Gasteiger partial charge is 0.206 e.